The standard InChI is InChI=1S/C13H19NO2/c1-3-16-13(15)10-14-11(2)9-12-7-5-4-6-8-12/h4-8,11,14H,3,9-10H2,1-2H3. The molecule has 0 aromatic heterocycles. The van der Waals surface area contributed by atoms with Crippen LogP contribution in [0.3, 0.4) is 0 Å². The lowest BCUT2D eigenvalue weighted by molar-refractivity contribution is -0.142. The zero-order valence-corrected chi connectivity index (χ0v) is 9.90. The molecule has 1 aromatic carbocycles. The Kier molecular flexibility index (Phi) is 5.57. The zero-order valence-electron chi connectivity index (χ0n) is 9.90. The Bertz CT molecular complexity index is 311. The molecule has 3 heteroatoms. The summed E-state index contributed by atoms with van der Waals surface area (Å²) in [6.07, 6.45) is 0.917. The van der Waals surface area contributed by atoms with E-state index in [1.807, 2.05) is 25.1 Å². The minimum Gasteiger partial charge on any atom is -0.465 e. The molecule has 0 saturated carbocycles. The van der Waals surface area contributed by atoms with Crippen molar-refractivity contribution in [3.63, 3.8) is 0 Å². The largest absolute Gasteiger partial charge is 0.465 e. The summed E-state index contributed by atoms with van der Waals surface area (Å²) >= 11 is 0. The first-order valence-corrected chi connectivity index (χ1v) is 5.65. The number of benzene rings is 1. The van der Waals surface area contributed by atoms with Crippen molar-refractivity contribution >= 4 is 5.97 Å². The number of ether oxygens (including phenoxy) is 1. The van der Waals surface area contributed by atoms with E-state index in [0.29, 0.717) is 6.61 Å². The van der Waals surface area contributed by atoms with Gasteiger partial charge in [0, 0.05) is 6.04 Å². The summed E-state index contributed by atoms with van der Waals surface area (Å²) in [5.41, 5.74) is 1.27. The summed E-state index contributed by atoms with van der Waals surface area (Å²) in [4.78, 5) is 11.1. The number of hydrogen-bond acceptors (Lipinski definition) is 3. The van der Waals surface area contributed by atoms with Crippen molar-refractivity contribution in [1.29, 1.82) is 0 Å². The van der Waals surface area contributed by atoms with E-state index in [1.165, 1.54) is 5.56 Å². The summed E-state index contributed by atoms with van der Waals surface area (Å²) in [5, 5.41) is 3.14. The molecule has 16 heavy (non-hydrogen) atoms. The third-order valence-electron chi connectivity index (χ3n) is 2.28. The smallest absolute Gasteiger partial charge is 0.319 e. The van der Waals surface area contributed by atoms with Gasteiger partial charge in [0.15, 0.2) is 0 Å². The second kappa shape index (κ2) is 7.01. The van der Waals surface area contributed by atoms with Crippen LogP contribution in [0.2, 0.25) is 0 Å². The SMILES string of the molecule is CCOC(=O)CNC(C)Cc1ccccc1. The van der Waals surface area contributed by atoms with E-state index >= 15 is 0 Å². The molecule has 0 aliphatic carbocycles. The van der Waals surface area contributed by atoms with E-state index in [1.54, 1.807) is 0 Å². The normalized spacial score (nSPS) is 12.1. The van der Waals surface area contributed by atoms with Crippen LogP contribution < -0.4 is 5.32 Å². The molecular weight excluding hydrogens is 202 g/mol. The van der Waals surface area contributed by atoms with Crippen LogP contribution in [0.1, 0.15) is 19.4 Å². The molecule has 0 aliphatic heterocycles. The molecule has 0 spiro atoms. The van der Waals surface area contributed by atoms with Gasteiger partial charge in [0.1, 0.15) is 0 Å². The predicted octanol–water partition coefficient (Wildman–Crippen LogP) is 1.77. The molecule has 3 nitrogen and oxygen atoms in total. The maximum absolute atomic E-state index is 11.1. The van der Waals surface area contributed by atoms with Gasteiger partial charge >= 0.3 is 5.97 Å². The van der Waals surface area contributed by atoms with Crippen LogP contribution in [0.15, 0.2) is 30.3 Å². The lowest BCUT2D eigenvalue weighted by atomic mass is 10.1. The predicted molar refractivity (Wildman–Crippen MR) is 64.2 cm³/mol. The first-order chi connectivity index (χ1) is 7.72. The number of nitrogens with one attached hydrogen (secondary N) is 1. The lowest BCUT2D eigenvalue weighted by Crippen LogP contribution is -2.33. The fourth-order valence-corrected chi connectivity index (χ4v) is 1.51. The van der Waals surface area contributed by atoms with Crippen LogP contribution in [0.4, 0.5) is 0 Å². The maximum atomic E-state index is 11.1. The second-order valence-electron chi connectivity index (χ2n) is 3.78. The van der Waals surface area contributed by atoms with E-state index in [4.69, 9.17) is 4.74 Å². The molecule has 0 amide bonds. The fraction of sp³-hybridized carbons (Fsp3) is 0.462. The van der Waals surface area contributed by atoms with Crippen molar-refractivity contribution in [2.24, 2.45) is 0 Å². The average Bonchev–Trinajstić information content (AvgIpc) is 2.28. The highest BCUT2D eigenvalue weighted by molar-refractivity contribution is 5.71. The molecular formula is C13H19NO2. The van der Waals surface area contributed by atoms with Crippen LogP contribution in [-0.4, -0.2) is 25.2 Å². The van der Waals surface area contributed by atoms with Crippen LogP contribution in [0, 0.1) is 0 Å². The highest BCUT2D eigenvalue weighted by Gasteiger charge is 2.06. The molecule has 1 atom stereocenters. The van der Waals surface area contributed by atoms with Gasteiger partial charge in [-0.15, -0.1) is 0 Å². The Morgan fingerprint density at radius 1 is 1.38 bits per heavy atom. The number of esters is 1. The second-order valence-corrected chi connectivity index (χ2v) is 3.78. The highest BCUT2D eigenvalue weighted by Crippen LogP contribution is 2.02. The zero-order chi connectivity index (χ0) is 11.8. The van der Waals surface area contributed by atoms with Crippen molar-refractivity contribution in [2.45, 2.75) is 26.3 Å². The number of carbonyl (C=O) groups excluding carboxylic acids is 1. The van der Waals surface area contributed by atoms with Gasteiger partial charge in [-0.05, 0) is 25.8 Å². The van der Waals surface area contributed by atoms with Gasteiger partial charge in [-0.25, -0.2) is 0 Å². The van der Waals surface area contributed by atoms with Crippen molar-refractivity contribution in [3.05, 3.63) is 35.9 Å². The van der Waals surface area contributed by atoms with Crippen molar-refractivity contribution in [1.82, 2.24) is 5.32 Å². The topological polar surface area (TPSA) is 38.3 Å². The molecule has 0 saturated heterocycles. The summed E-state index contributed by atoms with van der Waals surface area (Å²) in [6, 6.07) is 10.5. The van der Waals surface area contributed by atoms with E-state index in [0.717, 1.165) is 6.42 Å². The fourth-order valence-electron chi connectivity index (χ4n) is 1.51. The van der Waals surface area contributed by atoms with Crippen LogP contribution in [-0.2, 0) is 16.0 Å². The van der Waals surface area contributed by atoms with Crippen LogP contribution in [0.5, 0.6) is 0 Å². The van der Waals surface area contributed by atoms with Crippen LogP contribution in [0.25, 0.3) is 0 Å². The van der Waals surface area contributed by atoms with Crippen molar-refractivity contribution in [2.75, 3.05) is 13.2 Å². The summed E-state index contributed by atoms with van der Waals surface area (Å²) < 4.78 is 4.84. The molecule has 1 rings (SSSR count). The molecule has 0 radical (unpaired) electrons. The van der Waals surface area contributed by atoms with E-state index in [-0.39, 0.29) is 18.6 Å². The van der Waals surface area contributed by atoms with Crippen LogP contribution >= 0.6 is 0 Å². The molecule has 88 valence electrons. The van der Waals surface area contributed by atoms with Gasteiger partial charge < -0.3 is 10.1 Å². The first-order valence-electron chi connectivity index (χ1n) is 5.65. The summed E-state index contributed by atoms with van der Waals surface area (Å²) in [5.74, 6) is -0.192. The Balaban J connectivity index is 2.26. The maximum Gasteiger partial charge on any atom is 0.319 e. The quantitative estimate of drug-likeness (QED) is 0.744. The minimum absolute atomic E-state index is 0.192. The van der Waals surface area contributed by atoms with Gasteiger partial charge in [0.05, 0.1) is 13.2 Å². The van der Waals surface area contributed by atoms with E-state index in [9.17, 15) is 4.79 Å². The number of hydrogen-bond donors (Lipinski definition) is 1. The van der Waals surface area contributed by atoms with E-state index in [2.05, 4.69) is 24.4 Å². The lowest BCUT2D eigenvalue weighted by Gasteiger charge is -2.13. The Hall–Kier alpha value is -1.35. The monoisotopic (exact) mass is 221 g/mol. The molecule has 0 aliphatic rings. The van der Waals surface area contributed by atoms with E-state index < -0.39 is 0 Å². The van der Waals surface area contributed by atoms with Gasteiger partial charge in [0.2, 0.25) is 0 Å². The molecule has 1 unspecified atom stereocenters. The Morgan fingerprint density at radius 2 is 2.06 bits per heavy atom. The number of carbonyl (C=O) groups is 1. The third kappa shape index (κ3) is 4.94. The van der Waals surface area contributed by atoms with Gasteiger partial charge in [-0.3, -0.25) is 4.79 Å². The Morgan fingerprint density at radius 3 is 2.69 bits per heavy atom. The molecule has 0 heterocycles. The van der Waals surface area contributed by atoms with Gasteiger partial charge in [0.25, 0.3) is 0 Å². The van der Waals surface area contributed by atoms with Crippen molar-refractivity contribution in [3.8, 4) is 0 Å². The third-order valence-corrected chi connectivity index (χ3v) is 2.28. The molecule has 0 bridgehead atoms. The minimum atomic E-state index is -0.192. The molecule has 1 aromatic rings. The van der Waals surface area contributed by atoms with Gasteiger partial charge in [-0.1, -0.05) is 30.3 Å². The van der Waals surface area contributed by atoms with Gasteiger partial charge in [-0.2, -0.15) is 0 Å². The highest BCUT2D eigenvalue weighted by atomic mass is 16.5. The first kappa shape index (κ1) is 12.7. The molecule has 0 fully saturated rings. The average molecular weight is 221 g/mol. The van der Waals surface area contributed by atoms with Crippen molar-refractivity contribution < 1.29 is 9.53 Å². The Labute approximate surface area is 96.8 Å². The summed E-state index contributed by atoms with van der Waals surface area (Å²) in [6.45, 7) is 4.59. The molecule has 1 N–H and O–H groups in total. The number of rotatable bonds is 6. The summed E-state index contributed by atoms with van der Waals surface area (Å²) in [7, 11) is 0.